The minimum atomic E-state index is -0.305. The predicted molar refractivity (Wildman–Crippen MR) is 84.1 cm³/mol. The first-order valence-electron chi connectivity index (χ1n) is 7.33. The van der Waals surface area contributed by atoms with Crippen molar-refractivity contribution in [3.63, 3.8) is 0 Å². The van der Waals surface area contributed by atoms with E-state index in [1.807, 2.05) is 12.1 Å². The normalized spacial score (nSPS) is 27.1. The van der Waals surface area contributed by atoms with Crippen LogP contribution >= 0.6 is 11.6 Å². The van der Waals surface area contributed by atoms with Gasteiger partial charge < -0.3 is 10.2 Å². The van der Waals surface area contributed by atoms with Crippen LogP contribution in [0.5, 0.6) is 0 Å². The van der Waals surface area contributed by atoms with Crippen LogP contribution in [-0.2, 0) is 0 Å². The summed E-state index contributed by atoms with van der Waals surface area (Å²) in [7, 11) is 0. The third-order valence-electron chi connectivity index (χ3n) is 4.45. The van der Waals surface area contributed by atoms with Gasteiger partial charge in [0.1, 0.15) is 0 Å². The molecule has 1 N–H and O–H groups in total. The lowest BCUT2D eigenvalue weighted by molar-refractivity contribution is 0.251. The Morgan fingerprint density at radius 2 is 2.20 bits per heavy atom. The Kier molecular flexibility index (Phi) is 4.60. The highest BCUT2D eigenvalue weighted by molar-refractivity contribution is 6.31. The second-order valence-electron chi connectivity index (χ2n) is 6.31. The fraction of sp³-hybridized carbons (Fsp3) is 0.625. The Labute approximate surface area is 126 Å². The third-order valence-corrected chi connectivity index (χ3v) is 4.74. The van der Waals surface area contributed by atoms with E-state index in [1.54, 1.807) is 6.07 Å². The first-order chi connectivity index (χ1) is 9.38. The number of hydrogen-bond acceptors (Lipinski definition) is 2. The molecular weight excluding hydrogens is 275 g/mol. The Hall–Kier alpha value is -0.800. The molecule has 2 rings (SSSR count). The second-order valence-corrected chi connectivity index (χ2v) is 6.71. The van der Waals surface area contributed by atoms with Crippen molar-refractivity contribution in [3.05, 3.63) is 29.0 Å². The minimum Gasteiger partial charge on any atom is -0.363 e. The fourth-order valence-electron chi connectivity index (χ4n) is 2.82. The van der Waals surface area contributed by atoms with Gasteiger partial charge in [0.15, 0.2) is 5.82 Å². The van der Waals surface area contributed by atoms with Crippen molar-refractivity contribution < 1.29 is 4.39 Å². The summed E-state index contributed by atoms with van der Waals surface area (Å²) in [6, 6.07) is 5.54. The fourth-order valence-corrected chi connectivity index (χ4v) is 2.99. The number of anilines is 1. The zero-order chi connectivity index (χ0) is 14.9. The molecule has 1 aliphatic heterocycles. The standard InChI is InChI=1S/C16H24ClFN2/c1-5-16(4)10-20(14(9-19-16)11(2)3)13-8-6-7-12(17)15(13)18/h6-8,11,14,19H,5,9-10H2,1-4H3. The molecule has 0 amide bonds. The molecule has 0 saturated carbocycles. The smallest absolute Gasteiger partial charge is 0.165 e. The highest BCUT2D eigenvalue weighted by atomic mass is 35.5. The lowest BCUT2D eigenvalue weighted by Gasteiger charge is -2.48. The van der Waals surface area contributed by atoms with E-state index < -0.39 is 0 Å². The van der Waals surface area contributed by atoms with Crippen LogP contribution in [-0.4, -0.2) is 24.7 Å². The highest BCUT2D eigenvalue weighted by Gasteiger charge is 2.37. The van der Waals surface area contributed by atoms with Crippen LogP contribution in [0.25, 0.3) is 0 Å². The molecule has 0 radical (unpaired) electrons. The molecule has 0 bridgehead atoms. The summed E-state index contributed by atoms with van der Waals surface area (Å²) in [5.74, 6) is 0.141. The van der Waals surface area contributed by atoms with Gasteiger partial charge in [0.2, 0.25) is 0 Å². The monoisotopic (exact) mass is 298 g/mol. The quantitative estimate of drug-likeness (QED) is 0.904. The van der Waals surface area contributed by atoms with Gasteiger partial charge in [0.25, 0.3) is 0 Å². The Balaban J connectivity index is 2.39. The second kappa shape index (κ2) is 5.90. The van der Waals surface area contributed by atoms with Gasteiger partial charge in [-0.25, -0.2) is 4.39 Å². The molecule has 1 aliphatic rings. The molecule has 1 heterocycles. The number of halogens is 2. The van der Waals surface area contributed by atoms with E-state index >= 15 is 0 Å². The molecule has 0 aliphatic carbocycles. The third kappa shape index (κ3) is 2.94. The van der Waals surface area contributed by atoms with E-state index in [2.05, 4.69) is 37.9 Å². The summed E-state index contributed by atoms with van der Waals surface area (Å²) in [5, 5.41) is 3.81. The number of benzene rings is 1. The molecule has 1 saturated heterocycles. The summed E-state index contributed by atoms with van der Waals surface area (Å²) in [6.45, 7) is 10.4. The maximum atomic E-state index is 14.4. The Morgan fingerprint density at radius 1 is 1.50 bits per heavy atom. The van der Waals surface area contributed by atoms with Crippen molar-refractivity contribution >= 4 is 17.3 Å². The lowest BCUT2D eigenvalue weighted by atomic mass is 9.89. The van der Waals surface area contributed by atoms with Gasteiger partial charge in [-0.05, 0) is 31.4 Å². The average Bonchev–Trinajstić information content (AvgIpc) is 2.41. The molecule has 1 aromatic carbocycles. The van der Waals surface area contributed by atoms with E-state index in [4.69, 9.17) is 11.6 Å². The summed E-state index contributed by atoms with van der Waals surface area (Å²) < 4.78 is 14.4. The molecule has 4 heteroatoms. The zero-order valence-corrected chi connectivity index (χ0v) is 13.5. The Morgan fingerprint density at radius 3 is 2.80 bits per heavy atom. The molecule has 112 valence electrons. The van der Waals surface area contributed by atoms with Gasteiger partial charge in [0, 0.05) is 24.7 Å². The summed E-state index contributed by atoms with van der Waals surface area (Å²) >= 11 is 5.95. The van der Waals surface area contributed by atoms with Gasteiger partial charge in [-0.2, -0.15) is 0 Å². The van der Waals surface area contributed by atoms with Crippen LogP contribution in [0.3, 0.4) is 0 Å². The summed E-state index contributed by atoms with van der Waals surface area (Å²) in [5.41, 5.74) is 0.637. The molecular formula is C16H24ClFN2. The lowest BCUT2D eigenvalue weighted by Crippen LogP contribution is -2.64. The summed E-state index contributed by atoms with van der Waals surface area (Å²) in [4.78, 5) is 2.19. The first-order valence-corrected chi connectivity index (χ1v) is 7.71. The van der Waals surface area contributed by atoms with Crippen LogP contribution in [0.1, 0.15) is 34.1 Å². The van der Waals surface area contributed by atoms with E-state index in [-0.39, 0.29) is 22.4 Å². The first kappa shape index (κ1) is 15.6. The van der Waals surface area contributed by atoms with Crippen molar-refractivity contribution in [3.8, 4) is 0 Å². The van der Waals surface area contributed by atoms with Crippen LogP contribution < -0.4 is 10.2 Å². The van der Waals surface area contributed by atoms with Crippen molar-refractivity contribution in [2.75, 3.05) is 18.0 Å². The zero-order valence-electron chi connectivity index (χ0n) is 12.7. The van der Waals surface area contributed by atoms with Gasteiger partial charge in [-0.3, -0.25) is 0 Å². The number of rotatable bonds is 3. The van der Waals surface area contributed by atoms with Gasteiger partial charge >= 0.3 is 0 Å². The molecule has 0 spiro atoms. The maximum absolute atomic E-state index is 14.4. The number of piperazine rings is 1. The number of nitrogens with zero attached hydrogens (tertiary/aromatic N) is 1. The number of hydrogen-bond donors (Lipinski definition) is 1. The predicted octanol–water partition coefficient (Wildman–Crippen LogP) is 4.08. The Bertz CT molecular complexity index is 478. The van der Waals surface area contributed by atoms with Crippen molar-refractivity contribution in [2.24, 2.45) is 5.92 Å². The van der Waals surface area contributed by atoms with E-state index in [9.17, 15) is 4.39 Å². The maximum Gasteiger partial charge on any atom is 0.165 e. The summed E-state index contributed by atoms with van der Waals surface area (Å²) in [6.07, 6.45) is 1.01. The van der Waals surface area contributed by atoms with Crippen LogP contribution in [0.15, 0.2) is 18.2 Å². The highest BCUT2D eigenvalue weighted by Crippen LogP contribution is 2.32. The van der Waals surface area contributed by atoms with Gasteiger partial charge in [-0.15, -0.1) is 0 Å². The van der Waals surface area contributed by atoms with Crippen LogP contribution in [0.4, 0.5) is 10.1 Å². The molecule has 20 heavy (non-hydrogen) atoms. The largest absolute Gasteiger partial charge is 0.363 e. The van der Waals surface area contributed by atoms with Crippen LogP contribution in [0, 0.1) is 11.7 Å². The van der Waals surface area contributed by atoms with E-state index in [1.165, 1.54) is 0 Å². The minimum absolute atomic E-state index is 0.0140. The van der Waals surface area contributed by atoms with Crippen molar-refractivity contribution in [2.45, 2.75) is 45.7 Å². The molecule has 1 fully saturated rings. The topological polar surface area (TPSA) is 15.3 Å². The molecule has 2 atom stereocenters. The molecule has 2 unspecified atom stereocenters. The average molecular weight is 299 g/mol. The van der Waals surface area contributed by atoms with Crippen molar-refractivity contribution in [1.29, 1.82) is 0 Å². The molecule has 0 aromatic heterocycles. The van der Waals surface area contributed by atoms with E-state index in [0.717, 1.165) is 19.5 Å². The SMILES string of the molecule is CCC1(C)CN(c2cccc(Cl)c2F)C(C(C)C)CN1. The van der Waals surface area contributed by atoms with Gasteiger partial charge in [-0.1, -0.05) is 38.4 Å². The van der Waals surface area contributed by atoms with E-state index in [0.29, 0.717) is 11.6 Å². The van der Waals surface area contributed by atoms with Crippen LogP contribution in [0.2, 0.25) is 5.02 Å². The van der Waals surface area contributed by atoms with Crippen molar-refractivity contribution in [1.82, 2.24) is 5.32 Å². The number of nitrogens with one attached hydrogen (secondary N) is 1. The van der Waals surface area contributed by atoms with Gasteiger partial charge in [0.05, 0.1) is 10.7 Å². The molecule has 2 nitrogen and oxygen atoms in total. The molecule has 1 aromatic rings.